The van der Waals surface area contributed by atoms with Crippen molar-refractivity contribution in [2.45, 2.75) is 177 Å². The highest BCUT2D eigenvalue weighted by Crippen LogP contribution is 2.43. The van der Waals surface area contributed by atoms with E-state index in [-0.39, 0.29) is 2.85 Å². The topological polar surface area (TPSA) is 0 Å². The van der Waals surface area contributed by atoms with Crippen LogP contribution in [0.1, 0.15) is 180 Å². The van der Waals surface area contributed by atoms with Crippen LogP contribution in [0.3, 0.4) is 0 Å². The van der Waals surface area contributed by atoms with Gasteiger partial charge in [-0.1, -0.05) is 149 Å². The highest BCUT2D eigenvalue weighted by molar-refractivity contribution is 4.98. The molecular formula is C42H82. The second-order valence-corrected chi connectivity index (χ2v) is 14.8. The first-order chi connectivity index (χ1) is 20.3. The minimum Gasteiger partial charge on any atom is -0.103 e. The number of allylic oxidation sites excluding steroid dienone is 4. The Hall–Kier alpha value is -0.780. The Kier molecular flexibility index (Phi) is 22.0. The smallest absolute Gasteiger partial charge is 0 e. The van der Waals surface area contributed by atoms with Crippen LogP contribution in [-0.2, 0) is 0 Å². The van der Waals surface area contributed by atoms with E-state index in [9.17, 15) is 0 Å². The summed E-state index contributed by atoms with van der Waals surface area (Å²) in [5.74, 6) is 8.44. The van der Waals surface area contributed by atoms with Crippen molar-refractivity contribution in [1.29, 1.82) is 0 Å². The standard InChI is InChI=1S/C18H32.2C11H20.C2H6.2H2/c1-6-16(7-2)11-12-17-9-8-10-18(13-17)15(5)14(3)4;1-9-5-4-7-10-6-2-3-8-11(9)10;1-3-4-8-11-9-6-5-7-10(11)2;1-2;;/h6,15-18H,1,3,7-13H2,2,4-5H3;9-11H,2-8H2,1H3;4,8,10-11H,3,5-7,9H2,1-2H3;1-2H3;2*1H/b;;8-4-;;;/t15?,16?,17-,18?;9?,10-,11?;10-,11+;;;/m100.../s1. The zero-order valence-corrected chi connectivity index (χ0v) is 30.3. The van der Waals surface area contributed by atoms with Crippen LogP contribution in [0, 0.1) is 53.3 Å². The van der Waals surface area contributed by atoms with Crippen LogP contribution < -0.4 is 0 Å². The van der Waals surface area contributed by atoms with Gasteiger partial charge in [-0.15, -0.1) is 6.58 Å². The normalized spacial score (nSPS) is 32.3. The van der Waals surface area contributed by atoms with Gasteiger partial charge in [0.2, 0.25) is 0 Å². The number of rotatable bonds is 9. The maximum absolute atomic E-state index is 4.14. The molecule has 0 radical (unpaired) electrons. The van der Waals surface area contributed by atoms with Crippen LogP contribution in [-0.4, -0.2) is 0 Å². The molecule has 0 amide bonds. The number of hydrogen-bond acceptors (Lipinski definition) is 0. The minimum absolute atomic E-state index is 0. The second kappa shape index (κ2) is 23.6. The monoisotopic (exact) mass is 587 g/mol. The summed E-state index contributed by atoms with van der Waals surface area (Å²) in [6.45, 7) is 26.0. The van der Waals surface area contributed by atoms with Crippen LogP contribution in [0.4, 0.5) is 0 Å². The van der Waals surface area contributed by atoms with Crippen LogP contribution in [0.25, 0.3) is 0 Å². The molecule has 250 valence electrons. The molecule has 4 aliphatic carbocycles. The quantitative estimate of drug-likeness (QED) is 0.236. The van der Waals surface area contributed by atoms with Gasteiger partial charge in [0.15, 0.2) is 0 Å². The molecule has 4 saturated carbocycles. The number of hydrogen-bond donors (Lipinski definition) is 0. The largest absolute Gasteiger partial charge is 0.103 e. The van der Waals surface area contributed by atoms with E-state index < -0.39 is 0 Å². The fourth-order valence-corrected chi connectivity index (χ4v) is 8.59. The van der Waals surface area contributed by atoms with Gasteiger partial charge in [0, 0.05) is 2.85 Å². The minimum atomic E-state index is 0. The zero-order valence-electron chi connectivity index (χ0n) is 30.3. The molecule has 0 heterocycles. The summed E-state index contributed by atoms with van der Waals surface area (Å²) >= 11 is 0. The predicted molar refractivity (Wildman–Crippen MR) is 197 cm³/mol. The third-order valence-electron chi connectivity index (χ3n) is 11.8. The van der Waals surface area contributed by atoms with Crippen molar-refractivity contribution in [3.8, 4) is 0 Å². The van der Waals surface area contributed by atoms with Crippen molar-refractivity contribution in [2.24, 2.45) is 53.3 Å². The van der Waals surface area contributed by atoms with Crippen molar-refractivity contribution in [2.75, 3.05) is 0 Å². The lowest BCUT2D eigenvalue weighted by Crippen LogP contribution is -2.29. The van der Waals surface area contributed by atoms with Gasteiger partial charge in [-0.25, -0.2) is 0 Å². The molecule has 0 spiro atoms. The van der Waals surface area contributed by atoms with E-state index >= 15 is 0 Å². The van der Waals surface area contributed by atoms with Gasteiger partial charge in [-0.2, -0.15) is 0 Å². The Morgan fingerprint density at radius 2 is 1.45 bits per heavy atom. The molecule has 0 aromatic carbocycles. The molecule has 0 N–H and O–H groups in total. The molecule has 5 unspecified atom stereocenters. The first-order valence-electron chi connectivity index (χ1n) is 19.2. The summed E-state index contributed by atoms with van der Waals surface area (Å²) in [5.41, 5.74) is 1.37. The molecule has 4 rings (SSSR count). The van der Waals surface area contributed by atoms with Gasteiger partial charge in [0.1, 0.15) is 0 Å². The molecule has 0 heteroatoms. The van der Waals surface area contributed by atoms with Crippen molar-refractivity contribution in [3.63, 3.8) is 0 Å². The van der Waals surface area contributed by atoms with E-state index in [4.69, 9.17) is 0 Å². The number of fused-ring (bicyclic) bond motifs is 1. The van der Waals surface area contributed by atoms with Crippen LogP contribution in [0.15, 0.2) is 37.0 Å². The van der Waals surface area contributed by atoms with E-state index in [2.05, 4.69) is 72.9 Å². The average Bonchev–Trinajstić information content (AvgIpc) is 3.03. The van der Waals surface area contributed by atoms with E-state index in [0.29, 0.717) is 5.92 Å². The lowest BCUT2D eigenvalue weighted by atomic mass is 9.66. The summed E-state index contributed by atoms with van der Waals surface area (Å²) in [7, 11) is 0. The summed E-state index contributed by atoms with van der Waals surface area (Å²) in [6.07, 6.45) is 34.3. The van der Waals surface area contributed by atoms with E-state index in [1.807, 2.05) is 13.8 Å². The summed E-state index contributed by atoms with van der Waals surface area (Å²) in [6, 6.07) is 0. The summed E-state index contributed by atoms with van der Waals surface area (Å²) < 4.78 is 0. The average molecular weight is 587 g/mol. The molecule has 4 aliphatic rings. The molecule has 0 nitrogen and oxygen atoms in total. The maximum atomic E-state index is 4.14. The lowest BCUT2D eigenvalue weighted by molar-refractivity contribution is 0.114. The first kappa shape index (κ1) is 39.2. The van der Waals surface area contributed by atoms with Gasteiger partial charge in [-0.3, -0.25) is 0 Å². The van der Waals surface area contributed by atoms with Crippen molar-refractivity contribution >= 4 is 0 Å². The highest BCUT2D eigenvalue weighted by atomic mass is 14.4. The van der Waals surface area contributed by atoms with Crippen LogP contribution in [0.2, 0.25) is 0 Å². The molecule has 4 fully saturated rings. The van der Waals surface area contributed by atoms with Gasteiger partial charge in [0.05, 0.1) is 0 Å². The fourth-order valence-electron chi connectivity index (χ4n) is 8.59. The Morgan fingerprint density at radius 3 is 2.07 bits per heavy atom. The first-order valence-corrected chi connectivity index (χ1v) is 19.2. The third-order valence-corrected chi connectivity index (χ3v) is 11.8. The van der Waals surface area contributed by atoms with Crippen molar-refractivity contribution in [1.82, 2.24) is 0 Å². The van der Waals surface area contributed by atoms with Crippen LogP contribution >= 0.6 is 0 Å². The molecular weight excluding hydrogens is 504 g/mol. The van der Waals surface area contributed by atoms with Gasteiger partial charge < -0.3 is 0 Å². The van der Waals surface area contributed by atoms with Gasteiger partial charge in [-0.05, 0) is 112 Å². The lowest BCUT2D eigenvalue weighted by Gasteiger charge is -2.39. The highest BCUT2D eigenvalue weighted by Gasteiger charge is 2.32. The van der Waals surface area contributed by atoms with Crippen LogP contribution in [0.5, 0.6) is 0 Å². The SMILES string of the molecule is C=CC(CC)CC[C@H]1CCCC(C(C)C(=C)C)C1.CC.CC/C=C\[C@@H]1CCCC[C@@H]1C.CC1CCC[C@@H]2CCCCC12.[HH].[HH]. The van der Waals surface area contributed by atoms with Crippen molar-refractivity contribution < 1.29 is 2.85 Å². The molecule has 9 atom stereocenters. The Balaban J connectivity index is 0. The third kappa shape index (κ3) is 14.8. The van der Waals surface area contributed by atoms with E-state index in [1.165, 1.54) is 108 Å². The van der Waals surface area contributed by atoms with E-state index in [0.717, 1.165) is 47.3 Å². The Bertz CT molecular complexity index is 709. The molecule has 0 aromatic rings. The van der Waals surface area contributed by atoms with E-state index in [1.54, 1.807) is 19.3 Å². The fraction of sp³-hybridized carbons (Fsp3) is 0.857. The zero-order chi connectivity index (χ0) is 31.3. The summed E-state index contributed by atoms with van der Waals surface area (Å²) in [4.78, 5) is 0. The van der Waals surface area contributed by atoms with Gasteiger partial charge >= 0.3 is 0 Å². The molecule has 42 heavy (non-hydrogen) atoms. The Morgan fingerprint density at radius 1 is 0.833 bits per heavy atom. The predicted octanol–water partition coefficient (Wildman–Crippen LogP) is 14.9. The molecule has 0 aliphatic heterocycles. The van der Waals surface area contributed by atoms with Crippen molar-refractivity contribution in [3.05, 3.63) is 37.0 Å². The molecule has 0 saturated heterocycles. The Labute approximate surface area is 270 Å². The molecule has 0 bridgehead atoms. The summed E-state index contributed by atoms with van der Waals surface area (Å²) in [5, 5.41) is 0. The second-order valence-electron chi connectivity index (χ2n) is 14.8. The molecule has 0 aromatic heterocycles. The van der Waals surface area contributed by atoms with Gasteiger partial charge in [0.25, 0.3) is 0 Å². The maximum Gasteiger partial charge on any atom is 0 e.